The van der Waals surface area contributed by atoms with Gasteiger partial charge < -0.3 is 10.4 Å². The van der Waals surface area contributed by atoms with Gasteiger partial charge >= 0.3 is 0 Å². The molecule has 0 aliphatic heterocycles. The number of aryl methyl sites for hydroxylation is 1. The lowest BCUT2D eigenvalue weighted by molar-refractivity contribution is 0.0361. The van der Waals surface area contributed by atoms with E-state index < -0.39 is 5.60 Å². The molecule has 2 heteroatoms. The Hall–Kier alpha value is -0.860. The molecule has 2 unspecified atom stereocenters. The van der Waals surface area contributed by atoms with Crippen LogP contribution >= 0.6 is 0 Å². The summed E-state index contributed by atoms with van der Waals surface area (Å²) in [6.07, 6.45) is 3.02. The second-order valence-electron chi connectivity index (χ2n) is 6.40. The molecule has 0 amide bonds. The number of hydrogen-bond donors (Lipinski definition) is 2. The summed E-state index contributed by atoms with van der Waals surface area (Å²) in [6.45, 7) is 9.07. The zero-order valence-electron chi connectivity index (χ0n) is 12.8. The third-order valence-corrected chi connectivity index (χ3v) is 3.39. The van der Waals surface area contributed by atoms with E-state index in [2.05, 4.69) is 50.4 Å². The van der Waals surface area contributed by atoms with Gasteiger partial charge in [-0.2, -0.15) is 0 Å². The summed E-state index contributed by atoms with van der Waals surface area (Å²) in [7, 11) is 0. The number of nitrogens with one attached hydrogen (secondary N) is 1. The molecular weight excluding hydrogens is 234 g/mol. The van der Waals surface area contributed by atoms with Gasteiger partial charge in [0.25, 0.3) is 0 Å². The maximum Gasteiger partial charge on any atom is 0.0746 e. The summed E-state index contributed by atoms with van der Waals surface area (Å²) in [4.78, 5) is 0. The van der Waals surface area contributed by atoms with Crippen LogP contribution in [0, 0.1) is 5.92 Å². The lowest BCUT2D eigenvalue weighted by Crippen LogP contribution is -2.42. The molecule has 0 heterocycles. The zero-order chi connectivity index (χ0) is 14.3. The first kappa shape index (κ1) is 16.2. The first-order valence-electron chi connectivity index (χ1n) is 7.39. The fourth-order valence-electron chi connectivity index (χ4n) is 2.48. The minimum atomic E-state index is -0.602. The van der Waals surface area contributed by atoms with Crippen molar-refractivity contribution < 1.29 is 5.11 Å². The van der Waals surface area contributed by atoms with E-state index in [1.165, 1.54) is 5.56 Å². The van der Waals surface area contributed by atoms with Crippen LogP contribution in [0.15, 0.2) is 30.3 Å². The van der Waals surface area contributed by atoms with Crippen LogP contribution in [0.2, 0.25) is 0 Å². The minimum absolute atomic E-state index is 0.429. The summed E-state index contributed by atoms with van der Waals surface area (Å²) in [5, 5.41) is 13.7. The van der Waals surface area contributed by atoms with Gasteiger partial charge in [-0.25, -0.2) is 0 Å². The monoisotopic (exact) mass is 263 g/mol. The highest BCUT2D eigenvalue weighted by Crippen LogP contribution is 2.15. The smallest absolute Gasteiger partial charge is 0.0746 e. The van der Waals surface area contributed by atoms with E-state index in [1.807, 2.05) is 13.0 Å². The van der Waals surface area contributed by atoms with Crippen LogP contribution in [0.1, 0.15) is 46.1 Å². The standard InChI is InChI=1S/C17H29NO/c1-14(2)12-17(4,19)13-18-15(3)10-11-16-8-6-5-7-9-16/h5-9,14-15,18-19H,10-13H2,1-4H3. The third-order valence-electron chi connectivity index (χ3n) is 3.39. The molecular formula is C17H29NO. The molecule has 1 rings (SSSR count). The SMILES string of the molecule is CC(C)CC(C)(O)CNC(C)CCc1ccccc1. The maximum atomic E-state index is 10.3. The van der Waals surface area contributed by atoms with Gasteiger partial charge in [-0.15, -0.1) is 0 Å². The quantitative estimate of drug-likeness (QED) is 0.753. The molecule has 0 radical (unpaired) electrons. The van der Waals surface area contributed by atoms with Gasteiger partial charge in [0.2, 0.25) is 0 Å². The zero-order valence-corrected chi connectivity index (χ0v) is 12.8. The summed E-state index contributed by atoms with van der Waals surface area (Å²) < 4.78 is 0. The Morgan fingerprint density at radius 2 is 1.79 bits per heavy atom. The molecule has 0 spiro atoms. The maximum absolute atomic E-state index is 10.3. The molecule has 0 saturated heterocycles. The van der Waals surface area contributed by atoms with Crippen LogP contribution < -0.4 is 5.32 Å². The van der Waals surface area contributed by atoms with Crippen molar-refractivity contribution in [2.24, 2.45) is 5.92 Å². The summed E-state index contributed by atoms with van der Waals surface area (Å²) >= 11 is 0. The molecule has 108 valence electrons. The molecule has 0 saturated carbocycles. The molecule has 19 heavy (non-hydrogen) atoms. The molecule has 0 bridgehead atoms. The van der Waals surface area contributed by atoms with Crippen molar-refractivity contribution in [3.63, 3.8) is 0 Å². The van der Waals surface area contributed by atoms with Crippen molar-refractivity contribution in [2.45, 2.75) is 58.6 Å². The summed E-state index contributed by atoms with van der Waals surface area (Å²) in [5.41, 5.74) is 0.778. The Morgan fingerprint density at radius 1 is 1.16 bits per heavy atom. The van der Waals surface area contributed by atoms with E-state index in [0.717, 1.165) is 19.3 Å². The second kappa shape index (κ2) is 7.66. The largest absolute Gasteiger partial charge is 0.389 e. The molecule has 2 N–H and O–H groups in total. The lowest BCUT2D eigenvalue weighted by atomic mass is 9.94. The predicted octanol–water partition coefficient (Wildman–Crippen LogP) is 3.39. The van der Waals surface area contributed by atoms with Crippen molar-refractivity contribution in [3.05, 3.63) is 35.9 Å². The van der Waals surface area contributed by atoms with Crippen LogP contribution in [-0.4, -0.2) is 23.3 Å². The van der Waals surface area contributed by atoms with Gasteiger partial charge in [-0.3, -0.25) is 0 Å². The molecule has 2 atom stereocenters. The van der Waals surface area contributed by atoms with E-state index in [0.29, 0.717) is 18.5 Å². The van der Waals surface area contributed by atoms with E-state index in [1.54, 1.807) is 0 Å². The highest BCUT2D eigenvalue weighted by molar-refractivity contribution is 5.14. The molecule has 0 fully saturated rings. The molecule has 0 aromatic heterocycles. The summed E-state index contributed by atoms with van der Waals surface area (Å²) in [6, 6.07) is 11.0. The third kappa shape index (κ3) is 7.34. The number of rotatable bonds is 8. The van der Waals surface area contributed by atoms with Crippen LogP contribution in [0.5, 0.6) is 0 Å². The summed E-state index contributed by atoms with van der Waals surface area (Å²) in [5.74, 6) is 0.524. The first-order valence-corrected chi connectivity index (χ1v) is 7.39. The van der Waals surface area contributed by atoms with Crippen molar-refractivity contribution in [1.29, 1.82) is 0 Å². The van der Waals surface area contributed by atoms with Crippen molar-refractivity contribution in [1.82, 2.24) is 5.32 Å². The van der Waals surface area contributed by atoms with Gasteiger partial charge in [-0.05, 0) is 44.6 Å². The second-order valence-corrected chi connectivity index (χ2v) is 6.40. The topological polar surface area (TPSA) is 32.3 Å². The lowest BCUT2D eigenvalue weighted by Gasteiger charge is -2.27. The molecule has 1 aromatic carbocycles. The van der Waals surface area contributed by atoms with Crippen LogP contribution in [0.25, 0.3) is 0 Å². The van der Waals surface area contributed by atoms with Crippen molar-refractivity contribution in [2.75, 3.05) is 6.54 Å². The fraction of sp³-hybridized carbons (Fsp3) is 0.647. The average molecular weight is 263 g/mol. The van der Waals surface area contributed by atoms with Crippen LogP contribution in [-0.2, 0) is 6.42 Å². The first-order chi connectivity index (χ1) is 8.89. The number of aliphatic hydroxyl groups is 1. The Morgan fingerprint density at radius 3 is 2.37 bits per heavy atom. The van der Waals surface area contributed by atoms with Gasteiger partial charge in [0, 0.05) is 12.6 Å². The van der Waals surface area contributed by atoms with E-state index in [4.69, 9.17) is 0 Å². The highest BCUT2D eigenvalue weighted by Gasteiger charge is 2.22. The predicted molar refractivity (Wildman–Crippen MR) is 82.3 cm³/mol. The van der Waals surface area contributed by atoms with Gasteiger partial charge in [0.05, 0.1) is 5.60 Å². The van der Waals surface area contributed by atoms with Gasteiger partial charge in [0.15, 0.2) is 0 Å². The van der Waals surface area contributed by atoms with Crippen molar-refractivity contribution in [3.8, 4) is 0 Å². The molecule has 1 aromatic rings. The van der Waals surface area contributed by atoms with E-state index in [9.17, 15) is 5.11 Å². The van der Waals surface area contributed by atoms with Crippen LogP contribution in [0.4, 0.5) is 0 Å². The highest BCUT2D eigenvalue weighted by atomic mass is 16.3. The number of hydrogen-bond acceptors (Lipinski definition) is 2. The van der Waals surface area contributed by atoms with E-state index in [-0.39, 0.29) is 0 Å². The normalized spacial score (nSPS) is 16.3. The Bertz CT molecular complexity index is 346. The van der Waals surface area contributed by atoms with Gasteiger partial charge in [0.1, 0.15) is 0 Å². The van der Waals surface area contributed by atoms with Gasteiger partial charge in [-0.1, -0.05) is 44.2 Å². The Kier molecular flexibility index (Phi) is 6.53. The fourth-order valence-corrected chi connectivity index (χ4v) is 2.48. The molecule has 2 nitrogen and oxygen atoms in total. The average Bonchev–Trinajstić information content (AvgIpc) is 2.34. The van der Waals surface area contributed by atoms with E-state index >= 15 is 0 Å². The Labute approximate surface area is 118 Å². The number of benzene rings is 1. The Balaban J connectivity index is 2.26. The molecule has 0 aliphatic rings. The minimum Gasteiger partial charge on any atom is -0.389 e. The molecule has 0 aliphatic carbocycles. The van der Waals surface area contributed by atoms with Crippen LogP contribution in [0.3, 0.4) is 0 Å². The van der Waals surface area contributed by atoms with Crippen molar-refractivity contribution >= 4 is 0 Å².